The van der Waals surface area contributed by atoms with Crippen molar-refractivity contribution >= 4 is 11.8 Å². The third-order valence-electron chi connectivity index (χ3n) is 3.52. The average Bonchev–Trinajstić information content (AvgIpc) is 2.38. The Kier molecular flexibility index (Phi) is 4.74. The number of carbonyl (C=O) groups excluding carboxylic acids is 1. The number of aliphatic hydroxyl groups excluding tert-OH is 1. The normalized spacial score (nSPS) is 22.8. The molecule has 0 unspecified atom stereocenters. The second-order valence-corrected chi connectivity index (χ2v) is 5.11. The first kappa shape index (κ1) is 13.8. The Morgan fingerprint density at radius 3 is 2.95 bits per heavy atom. The van der Waals surface area contributed by atoms with Crippen LogP contribution in [0.4, 0.5) is 10.6 Å². The van der Waals surface area contributed by atoms with Crippen LogP contribution in [-0.2, 0) is 0 Å². The van der Waals surface area contributed by atoms with Gasteiger partial charge in [0.05, 0.1) is 6.10 Å². The molecule has 1 aliphatic carbocycles. The number of anilines is 1. The van der Waals surface area contributed by atoms with Crippen molar-refractivity contribution in [2.75, 3.05) is 11.9 Å². The Balaban J connectivity index is 1.78. The first-order chi connectivity index (χ1) is 9.15. The van der Waals surface area contributed by atoms with Crippen LogP contribution >= 0.6 is 0 Å². The molecule has 1 saturated carbocycles. The summed E-state index contributed by atoms with van der Waals surface area (Å²) in [6.07, 6.45) is 3.74. The van der Waals surface area contributed by atoms with Crippen LogP contribution in [0.1, 0.15) is 31.4 Å². The number of aliphatic hydroxyl groups is 1. The molecule has 1 aromatic rings. The van der Waals surface area contributed by atoms with Gasteiger partial charge in [-0.3, -0.25) is 5.32 Å². The Labute approximate surface area is 113 Å². The highest BCUT2D eigenvalue weighted by atomic mass is 16.3. The molecule has 0 radical (unpaired) electrons. The molecular formula is C14H21N3O2. The fourth-order valence-corrected chi connectivity index (χ4v) is 2.42. The number of nitrogens with zero attached hydrogens (tertiary/aromatic N) is 1. The largest absolute Gasteiger partial charge is 0.393 e. The molecule has 1 aliphatic rings. The third kappa shape index (κ3) is 4.21. The fraction of sp³-hybridized carbons (Fsp3) is 0.571. The second kappa shape index (κ2) is 6.52. The highest BCUT2D eigenvalue weighted by Crippen LogP contribution is 2.23. The predicted octanol–water partition coefficient (Wildman–Crippen LogP) is 2.06. The quantitative estimate of drug-likeness (QED) is 0.781. The SMILES string of the molecule is Cc1cccc(NC(=O)NC[C@H]2CCCC[C@@H]2O)n1. The summed E-state index contributed by atoms with van der Waals surface area (Å²) in [4.78, 5) is 15.9. The topological polar surface area (TPSA) is 74.2 Å². The molecule has 1 heterocycles. The molecule has 2 atom stereocenters. The lowest BCUT2D eigenvalue weighted by Gasteiger charge is -2.27. The summed E-state index contributed by atoms with van der Waals surface area (Å²) in [7, 11) is 0. The van der Waals surface area contributed by atoms with E-state index >= 15 is 0 Å². The van der Waals surface area contributed by atoms with Crippen LogP contribution in [0.25, 0.3) is 0 Å². The van der Waals surface area contributed by atoms with E-state index in [2.05, 4.69) is 15.6 Å². The van der Waals surface area contributed by atoms with Crippen LogP contribution in [-0.4, -0.2) is 28.8 Å². The smallest absolute Gasteiger partial charge is 0.320 e. The molecule has 0 bridgehead atoms. The van der Waals surface area contributed by atoms with Crippen molar-refractivity contribution in [3.63, 3.8) is 0 Å². The van der Waals surface area contributed by atoms with Gasteiger partial charge in [-0.1, -0.05) is 18.9 Å². The van der Waals surface area contributed by atoms with Crippen molar-refractivity contribution < 1.29 is 9.90 Å². The van der Waals surface area contributed by atoms with Gasteiger partial charge in [0.25, 0.3) is 0 Å². The molecule has 5 nitrogen and oxygen atoms in total. The van der Waals surface area contributed by atoms with Gasteiger partial charge >= 0.3 is 6.03 Å². The maximum Gasteiger partial charge on any atom is 0.320 e. The molecule has 1 fully saturated rings. The van der Waals surface area contributed by atoms with Crippen LogP contribution in [0, 0.1) is 12.8 Å². The Morgan fingerprint density at radius 2 is 2.21 bits per heavy atom. The van der Waals surface area contributed by atoms with Crippen LogP contribution in [0.2, 0.25) is 0 Å². The minimum Gasteiger partial charge on any atom is -0.393 e. The van der Waals surface area contributed by atoms with E-state index in [0.29, 0.717) is 12.4 Å². The van der Waals surface area contributed by atoms with Gasteiger partial charge in [0.2, 0.25) is 0 Å². The lowest BCUT2D eigenvalue weighted by Crippen LogP contribution is -2.38. The van der Waals surface area contributed by atoms with E-state index in [4.69, 9.17) is 0 Å². The summed E-state index contributed by atoms with van der Waals surface area (Å²) in [6.45, 7) is 2.39. The number of aryl methyl sites for hydroxylation is 1. The van der Waals surface area contributed by atoms with Gasteiger partial charge in [-0.05, 0) is 31.9 Å². The van der Waals surface area contributed by atoms with Crippen LogP contribution in [0.15, 0.2) is 18.2 Å². The van der Waals surface area contributed by atoms with Crippen molar-refractivity contribution in [3.8, 4) is 0 Å². The number of nitrogens with one attached hydrogen (secondary N) is 2. The molecule has 1 aromatic heterocycles. The van der Waals surface area contributed by atoms with Crippen LogP contribution in [0.5, 0.6) is 0 Å². The monoisotopic (exact) mass is 263 g/mol. The van der Waals surface area contributed by atoms with E-state index in [1.807, 2.05) is 19.1 Å². The molecule has 0 aliphatic heterocycles. The fourth-order valence-electron chi connectivity index (χ4n) is 2.42. The first-order valence-corrected chi connectivity index (χ1v) is 6.82. The van der Waals surface area contributed by atoms with E-state index in [1.54, 1.807) is 6.07 Å². The van der Waals surface area contributed by atoms with Crippen LogP contribution in [0.3, 0.4) is 0 Å². The van der Waals surface area contributed by atoms with Crippen molar-refractivity contribution in [1.29, 1.82) is 0 Å². The standard InChI is InChI=1S/C14H21N3O2/c1-10-5-4-8-13(16-10)17-14(19)15-9-11-6-2-3-7-12(11)18/h4-5,8,11-12,18H,2-3,6-7,9H2,1H3,(H2,15,16,17,19)/t11-,12+/m1/s1. The minimum atomic E-state index is -0.286. The molecule has 0 aromatic carbocycles. The van der Waals surface area contributed by atoms with E-state index in [9.17, 15) is 9.90 Å². The Bertz CT molecular complexity index is 436. The summed E-state index contributed by atoms with van der Waals surface area (Å²) >= 11 is 0. The van der Waals surface area contributed by atoms with Gasteiger partial charge in [-0.2, -0.15) is 0 Å². The molecule has 2 amide bonds. The average molecular weight is 263 g/mol. The minimum absolute atomic E-state index is 0.171. The van der Waals surface area contributed by atoms with Gasteiger partial charge in [0, 0.05) is 18.2 Å². The van der Waals surface area contributed by atoms with Crippen LogP contribution < -0.4 is 10.6 Å². The van der Waals surface area contributed by atoms with Gasteiger partial charge in [-0.25, -0.2) is 9.78 Å². The van der Waals surface area contributed by atoms with Crippen molar-refractivity contribution in [3.05, 3.63) is 23.9 Å². The zero-order valence-corrected chi connectivity index (χ0v) is 11.2. The summed E-state index contributed by atoms with van der Waals surface area (Å²) in [6, 6.07) is 5.21. The van der Waals surface area contributed by atoms with E-state index in [1.165, 1.54) is 0 Å². The zero-order chi connectivity index (χ0) is 13.7. The van der Waals surface area contributed by atoms with Gasteiger partial charge in [0.1, 0.15) is 5.82 Å². The summed E-state index contributed by atoms with van der Waals surface area (Å²) in [5.74, 6) is 0.715. The highest BCUT2D eigenvalue weighted by molar-refractivity contribution is 5.88. The highest BCUT2D eigenvalue weighted by Gasteiger charge is 2.23. The number of urea groups is 1. The Morgan fingerprint density at radius 1 is 1.42 bits per heavy atom. The van der Waals surface area contributed by atoms with Crippen molar-refractivity contribution in [2.45, 2.75) is 38.7 Å². The maximum absolute atomic E-state index is 11.7. The van der Waals surface area contributed by atoms with Crippen molar-refractivity contribution in [1.82, 2.24) is 10.3 Å². The lowest BCUT2D eigenvalue weighted by molar-refractivity contribution is 0.0711. The Hall–Kier alpha value is -1.62. The second-order valence-electron chi connectivity index (χ2n) is 5.11. The molecule has 2 rings (SSSR count). The number of amides is 2. The number of aromatic nitrogens is 1. The number of rotatable bonds is 3. The molecule has 5 heteroatoms. The van der Waals surface area contributed by atoms with Gasteiger partial charge in [0.15, 0.2) is 0 Å². The summed E-state index contributed by atoms with van der Waals surface area (Å²) in [5, 5.41) is 15.3. The van der Waals surface area contributed by atoms with Gasteiger partial charge < -0.3 is 10.4 Å². The van der Waals surface area contributed by atoms with E-state index < -0.39 is 0 Å². The summed E-state index contributed by atoms with van der Waals surface area (Å²) in [5.41, 5.74) is 0.862. The molecule has 0 spiro atoms. The zero-order valence-electron chi connectivity index (χ0n) is 11.2. The third-order valence-corrected chi connectivity index (χ3v) is 3.52. The molecule has 3 N–H and O–H groups in total. The first-order valence-electron chi connectivity index (χ1n) is 6.82. The van der Waals surface area contributed by atoms with E-state index in [0.717, 1.165) is 31.4 Å². The van der Waals surface area contributed by atoms with E-state index in [-0.39, 0.29) is 18.1 Å². The molecule has 104 valence electrons. The van der Waals surface area contributed by atoms with Gasteiger partial charge in [-0.15, -0.1) is 0 Å². The number of pyridine rings is 1. The summed E-state index contributed by atoms with van der Waals surface area (Å²) < 4.78 is 0. The molecular weight excluding hydrogens is 242 g/mol. The number of carbonyl (C=O) groups is 1. The number of hydrogen-bond acceptors (Lipinski definition) is 3. The molecule has 0 saturated heterocycles. The predicted molar refractivity (Wildman–Crippen MR) is 74.0 cm³/mol. The number of hydrogen-bond donors (Lipinski definition) is 3. The maximum atomic E-state index is 11.7. The lowest BCUT2D eigenvalue weighted by atomic mass is 9.86. The molecule has 19 heavy (non-hydrogen) atoms. The van der Waals surface area contributed by atoms with Crippen molar-refractivity contribution in [2.24, 2.45) is 5.92 Å².